The first-order valence-electron chi connectivity index (χ1n) is 7.03. The highest BCUT2D eigenvalue weighted by Crippen LogP contribution is 2.29. The van der Waals surface area contributed by atoms with E-state index in [2.05, 4.69) is 5.32 Å². The van der Waals surface area contributed by atoms with Crippen molar-refractivity contribution in [1.29, 1.82) is 0 Å². The fraction of sp³-hybridized carbons (Fsp3) is 0.923. The van der Waals surface area contributed by atoms with Crippen LogP contribution < -0.4 is 5.32 Å². The molecule has 3 aliphatic heterocycles. The first-order valence-corrected chi connectivity index (χ1v) is 7.03. The molecule has 0 saturated carbocycles. The second-order valence-corrected chi connectivity index (χ2v) is 5.55. The van der Waals surface area contributed by atoms with E-state index in [0.29, 0.717) is 6.61 Å². The molecule has 18 heavy (non-hydrogen) atoms. The highest BCUT2D eigenvalue weighted by molar-refractivity contribution is 5.82. The topological polar surface area (TPSA) is 50.8 Å². The number of hydrogen-bond acceptors (Lipinski definition) is 4. The smallest absolute Gasteiger partial charge is 0.239 e. The van der Waals surface area contributed by atoms with Gasteiger partial charge in [0.15, 0.2) is 0 Å². The number of carbonyl (C=O) groups is 1. The van der Waals surface area contributed by atoms with Crippen molar-refractivity contribution in [2.45, 2.75) is 37.3 Å². The summed E-state index contributed by atoms with van der Waals surface area (Å²) in [7, 11) is 0. The van der Waals surface area contributed by atoms with Gasteiger partial charge in [-0.3, -0.25) is 4.79 Å². The van der Waals surface area contributed by atoms with Crippen LogP contribution in [-0.2, 0) is 14.3 Å². The molecule has 3 fully saturated rings. The van der Waals surface area contributed by atoms with Crippen LogP contribution >= 0.6 is 0 Å². The third-order valence-corrected chi connectivity index (χ3v) is 4.32. The molecule has 1 amide bonds. The molecule has 1 spiro atoms. The van der Waals surface area contributed by atoms with Crippen LogP contribution in [0.2, 0.25) is 0 Å². The van der Waals surface area contributed by atoms with Crippen LogP contribution in [0.15, 0.2) is 0 Å². The quantitative estimate of drug-likeness (QED) is 0.723. The fourth-order valence-electron chi connectivity index (χ4n) is 3.19. The number of nitrogens with zero attached hydrogens (tertiary/aromatic N) is 1. The molecule has 0 aromatic rings. The first-order chi connectivity index (χ1) is 8.79. The van der Waals surface area contributed by atoms with Crippen molar-refractivity contribution in [2.24, 2.45) is 0 Å². The van der Waals surface area contributed by atoms with Gasteiger partial charge in [0.2, 0.25) is 5.91 Å². The van der Waals surface area contributed by atoms with E-state index in [1.54, 1.807) is 0 Å². The van der Waals surface area contributed by atoms with Crippen molar-refractivity contribution in [2.75, 3.05) is 39.5 Å². The number of morpholine rings is 1. The lowest BCUT2D eigenvalue weighted by Crippen LogP contribution is -2.58. The summed E-state index contributed by atoms with van der Waals surface area (Å²) < 4.78 is 11.4. The molecule has 0 radical (unpaired) electrons. The highest BCUT2D eigenvalue weighted by atomic mass is 16.5. The summed E-state index contributed by atoms with van der Waals surface area (Å²) in [6.45, 7) is 4.62. The summed E-state index contributed by atoms with van der Waals surface area (Å²) in [5.74, 6) is 0.265. The minimum absolute atomic E-state index is 0.0417. The lowest BCUT2D eigenvalue weighted by atomic mass is 9.92. The molecule has 102 valence electrons. The molecule has 0 aliphatic carbocycles. The number of carbonyl (C=O) groups excluding carboxylic acids is 1. The third kappa shape index (κ3) is 2.39. The number of amides is 1. The van der Waals surface area contributed by atoms with Crippen LogP contribution in [0.4, 0.5) is 0 Å². The van der Waals surface area contributed by atoms with Crippen molar-refractivity contribution in [3.05, 3.63) is 0 Å². The second kappa shape index (κ2) is 5.15. The van der Waals surface area contributed by atoms with E-state index < -0.39 is 0 Å². The van der Waals surface area contributed by atoms with Crippen molar-refractivity contribution in [3.63, 3.8) is 0 Å². The molecular formula is C13H22N2O3. The Balaban J connectivity index is 1.64. The second-order valence-electron chi connectivity index (χ2n) is 5.55. The fourth-order valence-corrected chi connectivity index (χ4v) is 3.19. The number of nitrogens with one attached hydrogen (secondary N) is 1. The van der Waals surface area contributed by atoms with Crippen LogP contribution in [0.3, 0.4) is 0 Å². The minimum atomic E-state index is -0.134. The van der Waals surface area contributed by atoms with Crippen molar-refractivity contribution in [3.8, 4) is 0 Å². The Hall–Kier alpha value is -0.650. The van der Waals surface area contributed by atoms with Crippen LogP contribution in [0.25, 0.3) is 0 Å². The molecule has 3 aliphatic rings. The maximum atomic E-state index is 12.4. The Morgan fingerprint density at radius 1 is 1.28 bits per heavy atom. The number of rotatable bonds is 1. The molecule has 3 saturated heterocycles. The van der Waals surface area contributed by atoms with Crippen molar-refractivity contribution < 1.29 is 14.3 Å². The van der Waals surface area contributed by atoms with E-state index in [9.17, 15) is 4.79 Å². The van der Waals surface area contributed by atoms with E-state index in [1.807, 2.05) is 4.90 Å². The average molecular weight is 254 g/mol. The van der Waals surface area contributed by atoms with Gasteiger partial charge in [0.05, 0.1) is 18.2 Å². The standard InChI is InChI=1S/C13H22N2O3/c16-12(11-2-1-5-14-11)15-6-9-18-13(10-15)3-7-17-8-4-13/h11,14H,1-10H2. The lowest BCUT2D eigenvalue weighted by Gasteiger charge is -2.45. The zero-order valence-electron chi connectivity index (χ0n) is 10.8. The lowest BCUT2D eigenvalue weighted by molar-refractivity contribution is -0.169. The van der Waals surface area contributed by atoms with Gasteiger partial charge in [-0.2, -0.15) is 0 Å². The monoisotopic (exact) mass is 254 g/mol. The zero-order chi connectivity index (χ0) is 12.4. The molecule has 0 bridgehead atoms. The maximum absolute atomic E-state index is 12.4. The van der Waals surface area contributed by atoms with Crippen molar-refractivity contribution in [1.82, 2.24) is 10.2 Å². The highest BCUT2D eigenvalue weighted by Gasteiger charge is 2.41. The molecule has 0 aromatic carbocycles. The molecule has 0 aromatic heterocycles. The van der Waals surface area contributed by atoms with Gasteiger partial charge in [0.1, 0.15) is 0 Å². The number of ether oxygens (including phenoxy) is 2. The van der Waals surface area contributed by atoms with Gasteiger partial charge in [-0.05, 0) is 19.4 Å². The minimum Gasteiger partial charge on any atom is -0.381 e. The van der Waals surface area contributed by atoms with E-state index in [1.165, 1.54) is 0 Å². The summed E-state index contributed by atoms with van der Waals surface area (Å²) in [5.41, 5.74) is -0.134. The Morgan fingerprint density at radius 2 is 2.11 bits per heavy atom. The van der Waals surface area contributed by atoms with Gasteiger partial charge in [0.25, 0.3) is 0 Å². The SMILES string of the molecule is O=C(C1CCCN1)N1CCOC2(CCOCC2)C1. The molecular weight excluding hydrogens is 232 g/mol. The predicted octanol–water partition coefficient (Wildman–Crippen LogP) is 0.146. The molecule has 5 heteroatoms. The Morgan fingerprint density at radius 3 is 2.83 bits per heavy atom. The molecule has 1 atom stereocenters. The summed E-state index contributed by atoms with van der Waals surface area (Å²) >= 11 is 0. The molecule has 1 unspecified atom stereocenters. The van der Waals surface area contributed by atoms with Gasteiger partial charge in [-0.15, -0.1) is 0 Å². The van der Waals surface area contributed by atoms with Gasteiger partial charge in [0, 0.05) is 39.1 Å². The van der Waals surface area contributed by atoms with Gasteiger partial charge in [-0.1, -0.05) is 0 Å². The van der Waals surface area contributed by atoms with Gasteiger partial charge < -0.3 is 19.7 Å². The zero-order valence-corrected chi connectivity index (χ0v) is 10.8. The van der Waals surface area contributed by atoms with Crippen molar-refractivity contribution >= 4 is 5.91 Å². The maximum Gasteiger partial charge on any atom is 0.239 e. The van der Waals surface area contributed by atoms with E-state index in [0.717, 1.165) is 58.5 Å². The third-order valence-electron chi connectivity index (χ3n) is 4.32. The Bertz CT molecular complexity index is 304. The van der Waals surface area contributed by atoms with Crippen LogP contribution in [0, 0.1) is 0 Å². The number of hydrogen-bond donors (Lipinski definition) is 1. The molecule has 3 heterocycles. The molecule has 1 N–H and O–H groups in total. The van der Waals surface area contributed by atoms with Crippen LogP contribution in [0.1, 0.15) is 25.7 Å². The van der Waals surface area contributed by atoms with E-state index in [-0.39, 0.29) is 17.6 Å². The summed E-state index contributed by atoms with van der Waals surface area (Å²) in [4.78, 5) is 14.4. The normalized spacial score (nSPS) is 31.8. The Kier molecular flexibility index (Phi) is 3.54. The largest absolute Gasteiger partial charge is 0.381 e. The van der Waals surface area contributed by atoms with Gasteiger partial charge in [-0.25, -0.2) is 0 Å². The Labute approximate surface area is 108 Å². The predicted molar refractivity (Wildman–Crippen MR) is 66.3 cm³/mol. The van der Waals surface area contributed by atoms with Crippen LogP contribution in [0.5, 0.6) is 0 Å². The first kappa shape index (κ1) is 12.4. The molecule has 3 rings (SSSR count). The van der Waals surface area contributed by atoms with E-state index in [4.69, 9.17) is 9.47 Å². The van der Waals surface area contributed by atoms with Crippen LogP contribution in [-0.4, -0.2) is 61.9 Å². The van der Waals surface area contributed by atoms with E-state index >= 15 is 0 Å². The average Bonchev–Trinajstić information content (AvgIpc) is 2.93. The van der Waals surface area contributed by atoms with Gasteiger partial charge >= 0.3 is 0 Å². The summed E-state index contributed by atoms with van der Waals surface area (Å²) in [5, 5.41) is 3.29. The summed E-state index contributed by atoms with van der Waals surface area (Å²) in [6.07, 6.45) is 3.91. The summed E-state index contributed by atoms with van der Waals surface area (Å²) in [6, 6.07) is 0.0417. The molecule has 5 nitrogen and oxygen atoms in total.